The highest BCUT2D eigenvalue weighted by Crippen LogP contribution is 2.31. The van der Waals surface area contributed by atoms with Crippen LogP contribution in [0.2, 0.25) is 0 Å². The molecule has 0 spiro atoms. The first-order valence-electron chi connectivity index (χ1n) is 9.74. The number of nitrogens with two attached hydrogens (primary N) is 1. The summed E-state index contributed by atoms with van der Waals surface area (Å²) in [5.74, 6) is -0.740. The predicted molar refractivity (Wildman–Crippen MR) is 108 cm³/mol. The van der Waals surface area contributed by atoms with Gasteiger partial charge >= 0.3 is 12.1 Å². The number of primary amides is 1. The Morgan fingerprint density at radius 3 is 2.68 bits per heavy atom. The van der Waals surface area contributed by atoms with Crippen LogP contribution in [0.25, 0.3) is 0 Å². The Labute approximate surface area is 178 Å². The van der Waals surface area contributed by atoms with Gasteiger partial charge in [0, 0.05) is 20.0 Å². The molecule has 0 aliphatic carbocycles. The van der Waals surface area contributed by atoms with E-state index in [1.165, 1.54) is 17.9 Å². The van der Waals surface area contributed by atoms with Gasteiger partial charge in [-0.25, -0.2) is 19.4 Å². The Bertz CT molecular complexity index is 911. The van der Waals surface area contributed by atoms with Crippen LogP contribution in [0.1, 0.15) is 19.8 Å². The fraction of sp³-hybridized carbons (Fsp3) is 0.474. The molecule has 1 aromatic rings. The molecule has 0 unspecified atom stereocenters. The number of nitriles is 1. The molecule has 166 valence electrons. The fourth-order valence-corrected chi connectivity index (χ4v) is 3.59. The molecule has 12 heteroatoms. The van der Waals surface area contributed by atoms with Crippen molar-refractivity contribution < 1.29 is 23.5 Å². The molecule has 0 aromatic heterocycles. The summed E-state index contributed by atoms with van der Waals surface area (Å²) >= 11 is 0. The second kappa shape index (κ2) is 9.05. The molecule has 11 nitrogen and oxygen atoms in total. The van der Waals surface area contributed by atoms with Crippen molar-refractivity contribution in [3.05, 3.63) is 24.0 Å². The van der Waals surface area contributed by atoms with Crippen molar-refractivity contribution >= 4 is 29.4 Å². The van der Waals surface area contributed by atoms with Crippen LogP contribution >= 0.6 is 0 Å². The summed E-state index contributed by atoms with van der Waals surface area (Å²) in [6.07, 6.45) is -0.433. The maximum atomic E-state index is 14.9. The fourth-order valence-electron chi connectivity index (χ4n) is 3.59. The number of rotatable bonds is 6. The minimum absolute atomic E-state index is 0.186. The van der Waals surface area contributed by atoms with Gasteiger partial charge in [-0.1, -0.05) is 0 Å². The smallest absolute Gasteiger partial charge is 0.414 e. The van der Waals surface area contributed by atoms with Gasteiger partial charge in [0.15, 0.2) is 0 Å². The molecule has 0 saturated carbocycles. The monoisotopic (exact) mass is 433 g/mol. The number of carbonyl (C=O) groups excluding carboxylic acids is 3. The number of hydrogen-bond acceptors (Lipinski definition) is 7. The third-order valence-electron chi connectivity index (χ3n) is 5.29. The normalized spacial score (nSPS) is 20.0. The lowest BCUT2D eigenvalue weighted by Crippen LogP contribution is -2.59. The number of hydrogen-bond donors (Lipinski definition) is 4. The average molecular weight is 433 g/mol. The number of hydrazine groups is 1. The highest BCUT2D eigenvalue weighted by molar-refractivity contribution is 5.90. The van der Waals surface area contributed by atoms with E-state index in [4.69, 9.17) is 10.5 Å². The first-order chi connectivity index (χ1) is 14.7. The van der Waals surface area contributed by atoms with E-state index in [1.54, 1.807) is 17.0 Å². The zero-order chi connectivity index (χ0) is 22.6. The molecule has 31 heavy (non-hydrogen) atoms. The molecule has 1 aromatic carbocycles. The summed E-state index contributed by atoms with van der Waals surface area (Å²) in [5.41, 5.74) is 9.65. The van der Waals surface area contributed by atoms with Crippen LogP contribution in [0.5, 0.6) is 0 Å². The van der Waals surface area contributed by atoms with Crippen molar-refractivity contribution in [1.82, 2.24) is 16.2 Å². The van der Waals surface area contributed by atoms with E-state index in [2.05, 4.69) is 22.2 Å². The summed E-state index contributed by atoms with van der Waals surface area (Å²) in [4.78, 5) is 37.2. The standard InChI is InChI=1S/C19H24FN7O4/c1-12(28)23-9-14-10-27(18(30)31-14)13-2-3-16(15(20)8-13)26-6-4-19(11-21,5-7-26)25-24-17(22)29/h2-3,8,14,25H,4-7,9-10H2,1H3,(H,23,28)(H3,22,24,29)/t14-/m0/s1. The molecular formula is C19H24FN7O4. The van der Waals surface area contributed by atoms with E-state index in [0.29, 0.717) is 37.3 Å². The van der Waals surface area contributed by atoms with Crippen molar-refractivity contribution in [3.8, 4) is 6.07 Å². The quantitative estimate of drug-likeness (QED) is 0.471. The lowest BCUT2D eigenvalue weighted by molar-refractivity contribution is -0.119. The second-order valence-corrected chi connectivity index (χ2v) is 7.48. The Hall–Kier alpha value is -3.59. The van der Waals surface area contributed by atoms with Gasteiger partial charge in [0.1, 0.15) is 17.5 Å². The molecule has 2 heterocycles. The first-order valence-corrected chi connectivity index (χ1v) is 9.74. The van der Waals surface area contributed by atoms with E-state index < -0.39 is 29.6 Å². The Morgan fingerprint density at radius 1 is 1.39 bits per heavy atom. The largest absolute Gasteiger partial charge is 0.442 e. The van der Waals surface area contributed by atoms with Gasteiger partial charge in [-0.05, 0) is 31.0 Å². The number of nitrogens with zero attached hydrogens (tertiary/aromatic N) is 3. The lowest BCUT2D eigenvalue weighted by atomic mass is 9.89. The third-order valence-corrected chi connectivity index (χ3v) is 5.29. The van der Waals surface area contributed by atoms with Crippen molar-refractivity contribution in [2.75, 3.05) is 36.0 Å². The van der Waals surface area contributed by atoms with Gasteiger partial charge in [-0.2, -0.15) is 5.26 Å². The summed E-state index contributed by atoms with van der Waals surface area (Å²) in [6, 6.07) is 5.81. The number of nitrogens with one attached hydrogen (secondary N) is 3. The molecule has 3 rings (SSSR count). The number of ether oxygens (including phenoxy) is 1. The molecule has 2 saturated heterocycles. The van der Waals surface area contributed by atoms with Gasteiger partial charge in [0.2, 0.25) is 5.91 Å². The third kappa shape index (κ3) is 5.13. The van der Waals surface area contributed by atoms with Crippen molar-refractivity contribution in [2.24, 2.45) is 5.73 Å². The summed E-state index contributed by atoms with van der Waals surface area (Å²) < 4.78 is 20.1. The maximum Gasteiger partial charge on any atom is 0.414 e. The highest BCUT2D eigenvalue weighted by Gasteiger charge is 2.36. The van der Waals surface area contributed by atoms with Crippen LogP contribution in [0, 0.1) is 17.1 Å². The lowest BCUT2D eigenvalue weighted by Gasteiger charge is -2.38. The van der Waals surface area contributed by atoms with Gasteiger partial charge in [0.25, 0.3) is 0 Å². The Morgan fingerprint density at radius 2 is 2.10 bits per heavy atom. The van der Waals surface area contributed by atoms with Gasteiger partial charge in [0.05, 0.1) is 30.5 Å². The van der Waals surface area contributed by atoms with Crippen molar-refractivity contribution in [3.63, 3.8) is 0 Å². The molecule has 0 radical (unpaired) electrons. The van der Waals surface area contributed by atoms with E-state index >= 15 is 0 Å². The van der Waals surface area contributed by atoms with Crippen molar-refractivity contribution in [2.45, 2.75) is 31.4 Å². The summed E-state index contributed by atoms with van der Waals surface area (Å²) in [7, 11) is 0. The van der Waals surface area contributed by atoms with E-state index in [0.717, 1.165) is 0 Å². The molecule has 2 aliphatic rings. The topological polar surface area (TPSA) is 153 Å². The molecule has 0 bridgehead atoms. The SMILES string of the molecule is CC(=O)NC[C@H]1CN(c2ccc(N3CCC(C#N)(NNC(N)=O)CC3)c(F)c2)C(=O)O1. The number of anilines is 2. The van der Waals surface area contributed by atoms with E-state index in [-0.39, 0.29) is 19.0 Å². The molecule has 2 fully saturated rings. The van der Waals surface area contributed by atoms with Gasteiger partial charge < -0.3 is 20.7 Å². The minimum Gasteiger partial charge on any atom is -0.442 e. The minimum atomic E-state index is -0.982. The number of urea groups is 1. The first kappa shape index (κ1) is 22.1. The van der Waals surface area contributed by atoms with Crippen LogP contribution in [0.3, 0.4) is 0 Å². The van der Waals surface area contributed by atoms with E-state index in [1.807, 2.05) is 0 Å². The number of piperidine rings is 1. The average Bonchev–Trinajstić information content (AvgIpc) is 3.12. The van der Waals surface area contributed by atoms with Crippen LogP contribution in [0.4, 0.5) is 25.4 Å². The summed E-state index contributed by atoms with van der Waals surface area (Å²) in [6.45, 7) is 2.51. The molecule has 5 N–H and O–H groups in total. The van der Waals surface area contributed by atoms with Crippen LogP contribution < -0.4 is 31.7 Å². The van der Waals surface area contributed by atoms with E-state index in [9.17, 15) is 24.0 Å². The summed E-state index contributed by atoms with van der Waals surface area (Å²) in [5, 5.41) is 12.1. The number of halogens is 1. The van der Waals surface area contributed by atoms with Gasteiger partial charge in [-0.15, -0.1) is 0 Å². The predicted octanol–water partition coefficient (Wildman–Crippen LogP) is 0.322. The number of amides is 4. The maximum absolute atomic E-state index is 14.9. The second-order valence-electron chi connectivity index (χ2n) is 7.48. The van der Waals surface area contributed by atoms with Crippen LogP contribution in [-0.2, 0) is 9.53 Å². The Balaban J connectivity index is 1.64. The number of cyclic esters (lactones) is 1. The van der Waals surface area contributed by atoms with Crippen molar-refractivity contribution in [1.29, 1.82) is 5.26 Å². The zero-order valence-electron chi connectivity index (χ0n) is 17.0. The molecule has 2 aliphatic heterocycles. The molecule has 4 amide bonds. The number of carbonyl (C=O) groups is 3. The highest BCUT2D eigenvalue weighted by atomic mass is 19.1. The zero-order valence-corrected chi connectivity index (χ0v) is 17.0. The molecule has 1 atom stereocenters. The molecular weight excluding hydrogens is 409 g/mol. The van der Waals surface area contributed by atoms with Crippen LogP contribution in [0.15, 0.2) is 18.2 Å². The number of benzene rings is 1. The Kier molecular flexibility index (Phi) is 6.45. The van der Waals surface area contributed by atoms with Crippen LogP contribution in [-0.4, -0.2) is 55.9 Å². The van der Waals surface area contributed by atoms with Gasteiger partial charge in [-0.3, -0.25) is 15.1 Å².